The minimum Gasteiger partial charge on any atom is -0.378 e. The van der Waals surface area contributed by atoms with E-state index in [9.17, 15) is 4.79 Å². The van der Waals surface area contributed by atoms with E-state index in [1.54, 1.807) is 19.2 Å². The van der Waals surface area contributed by atoms with Crippen LogP contribution in [0.15, 0.2) is 42.5 Å². The van der Waals surface area contributed by atoms with Gasteiger partial charge in [0.15, 0.2) is 6.29 Å². The van der Waals surface area contributed by atoms with Crippen molar-refractivity contribution < 1.29 is 14.3 Å². The van der Waals surface area contributed by atoms with Crippen molar-refractivity contribution in [3.63, 3.8) is 0 Å². The van der Waals surface area contributed by atoms with Crippen LogP contribution >= 0.6 is 0 Å². The largest absolute Gasteiger partial charge is 0.378 e. The third-order valence-electron chi connectivity index (χ3n) is 2.45. The molecular weight excluding hydrogens is 242 g/mol. The predicted octanol–water partition coefficient (Wildman–Crippen LogP) is 2.52. The summed E-state index contributed by atoms with van der Waals surface area (Å²) in [5, 5.41) is 0. The molecule has 2 rings (SSSR count). The zero-order valence-corrected chi connectivity index (χ0v) is 10.7. The normalized spacial score (nSPS) is 9.32. The maximum Gasteiger partial charge on any atom is 0.152 e. The summed E-state index contributed by atoms with van der Waals surface area (Å²) in [6.45, 7) is 2.44. The van der Waals surface area contributed by atoms with Crippen molar-refractivity contribution in [2.45, 2.75) is 6.61 Å². The second kappa shape index (κ2) is 7.89. The van der Waals surface area contributed by atoms with Gasteiger partial charge >= 0.3 is 0 Å². The Bertz CT molecular complexity index is 526. The molecule has 0 aliphatic carbocycles. The Morgan fingerprint density at radius 3 is 2.42 bits per heavy atom. The Balaban J connectivity index is 0.000000861. The van der Waals surface area contributed by atoms with Crippen LogP contribution in [0.3, 0.4) is 0 Å². The Kier molecular flexibility index (Phi) is 6.12. The van der Waals surface area contributed by atoms with Crippen molar-refractivity contribution in [3.05, 3.63) is 53.7 Å². The first-order valence-corrected chi connectivity index (χ1v) is 5.63. The van der Waals surface area contributed by atoms with E-state index in [0.717, 1.165) is 17.5 Å². The maximum absolute atomic E-state index is 11.0. The molecule has 0 spiro atoms. The quantitative estimate of drug-likeness (QED) is 0.790. The van der Waals surface area contributed by atoms with Crippen LogP contribution in [0.2, 0.25) is 0 Å². The lowest BCUT2D eigenvalue weighted by Crippen LogP contribution is -1.98. The van der Waals surface area contributed by atoms with E-state index >= 15 is 0 Å². The molecule has 1 aromatic heterocycles. The van der Waals surface area contributed by atoms with Crippen LogP contribution < -0.4 is 0 Å². The van der Waals surface area contributed by atoms with Crippen molar-refractivity contribution in [1.82, 2.24) is 4.98 Å². The molecule has 0 amide bonds. The number of carbonyl (C=O) groups is 2. The van der Waals surface area contributed by atoms with Gasteiger partial charge in [-0.25, -0.2) is 4.98 Å². The van der Waals surface area contributed by atoms with Gasteiger partial charge in [0.2, 0.25) is 0 Å². The molecule has 1 aromatic carbocycles. The molecule has 1 heterocycles. The number of nitrogens with zero attached hydrogens (tertiary/aromatic N) is 1. The number of carbonyl (C=O) groups excluding carboxylic acids is 2. The molecule has 2 aromatic rings. The van der Waals surface area contributed by atoms with E-state index in [1.165, 1.54) is 0 Å². The summed E-state index contributed by atoms with van der Waals surface area (Å²) in [6.07, 6.45) is 0.825. The Labute approximate surface area is 112 Å². The molecule has 0 aliphatic heterocycles. The van der Waals surface area contributed by atoms with Crippen LogP contribution in [0.5, 0.6) is 0 Å². The van der Waals surface area contributed by atoms with Gasteiger partial charge in [-0.1, -0.05) is 30.3 Å². The van der Waals surface area contributed by atoms with E-state index < -0.39 is 0 Å². The highest BCUT2D eigenvalue weighted by Crippen LogP contribution is 2.20. The minimum absolute atomic E-state index is 0.443. The molecule has 0 bridgehead atoms. The van der Waals surface area contributed by atoms with E-state index in [2.05, 4.69) is 4.98 Å². The van der Waals surface area contributed by atoms with Gasteiger partial charge in [-0.2, -0.15) is 0 Å². The molecule has 0 saturated carbocycles. The summed E-state index contributed by atoms with van der Waals surface area (Å²) in [5.74, 6) is 0. The van der Waals surface area contributed by atoms with E-state index in [4.69, 9.17) is 9.53 Å². The van der Waals surface area contributed by atoms with Crippen LogP contribution in [-0.4, -0.2) is 25.2 Å². The van der Waals surface area contributed by atoms with Crippen molar-refractivity contribution in [2.75, 3.05) is 7.11 Å². The first-order chi connectivity index (χ1) is 9.35. The SMILES string of the molecule is C=O.COCc1ccc(C=O)c(-c2ccccc2)n1. The fourth-order valence-corrected chi connectivity index (χ4v) is 1.66. The van der Waals surface area contributed by atoms with Crippen molar-refractivity contribution in [2.24, 2.45) is 0 Å². The third-order valence-corrected chi connectivity index (χ3v) is 2.45. The van der Waals surface area contributed by atoms with Crippen LogP contribution in [0, 0.1) is 0 Å². The van der Waals surface area contributed by atoms with Crippen LogP contribution in [0.1, 0.15) is 16.1 Å². The first-order valence-electron chi connectivity index (χ1n) is 5.63. The summed E-state index contributed by atoms with van der Waals surface area (Å²) in [6, 6.07) is 13.2. The average molecular weight is 257 g/mol. The number of aromatic nitrogens is 1. The lowest BCUT2D eigenvalue weighted by molar-refractivity contribution is -0.0979. The number of ether oxygens (including phenoxy) is 1. The van der Waals surface area contributed by atoms with Crippen molar-refractivity contribution in [3.8, 4) is 11.3 Å². The molecule has 0 radical (unpaired) electrons. The Hall–Kier alpha value is -2.33. The first kappa shape index (κ1) is 14.7. The molecule has 0 atom stereocenters. The number of hydrogen-bond donors (Lipinski definition) is 0. The van der Waals surface area contributed by atoms with Gasteiger partial charge < -0.3 is 9.53 Å². The average Bonchev–Trinajstić information content (AvgIpc) is 2.50. The second-order valence-electron chi connectivity index (χ2n) is 3.66. The summed E-state index contributed by atoms with van der Waals surface area (Å²) in [4.78, 5) is 23.4. The number of pyridine rings is 1. The van der Waals surface area contributed by atoms with Gasteiger partial charge in [-0.15, -0.1) is 0 Å². The van der Waals surface area contributed by atoms with Crippen LogP contribution in [0.4, 0.5) is 0 Å². The van der Waals surface area contributed by atoms with Gasteiger partial charge in [0.1, 0.15) is 6.79 Å². The molecular formula is C15H15NO3. The smallest absolute Gasteiger partial charge is 0.152 e. The van der Waals surface area contributed by atoms with Gasteiger partial charge in [0.05, 0.1) is 18.0 Å². The number of hydrogen-bond acceptors (Lipinski definition) is 4. The third kappa shape index (κ3) is 3.82. The number of benzene rings is 1. The van der Waals surface area contributed by atoms with E-state index in [0.29, 0.717) is 17.9 Å². The monoisotopic (exact) mass is 257 g/mol. The highest BCUT2D eigenvalue weighted by atomic mass is 16.5. The van der Waals surface area contributed by atoms with Crippen LogP contribution in [0.25, 0.3) is 11.3 Å². The molecule has 0 aliphatic rings. The topological polar surface area (TPSA) is 56.3 Å². The fraction of sp³-hybridized carbons (Fsp3) is 0.133. The highest BCUT2D eigenvalue weighted by molar-refractivity contribution is 5.85. The van der Waals surface area contributed by atoms with Gasteiger partial charge in [0, 0.05) is 18.2 Å². The zero-order chi connectivity index (χ0) is 14.1. The number of methoxy groups -OCH3 is 1. The minimum atomic E-state index is 0.443. The predicted molar refractivity (Wildman–Crippen MR) is 72.9 cm³/mol. The van der Waals surface area contributed by atoms with E-state index in [1.807, 2.05) is 37.1 Å². The molecule has 0 saturated heterocycles. The highest BCUT2D eigenvalue weighted by Gasteiger charge is 2.07. The Morgan fingerprint density at radius 2 is 1.84 bits per heavy atom. The van der Waals surface area contributed by atoms with Crippen molar-refractivity contribution >= 4 is 13.1 Å². The van der Waals surface area contributed by atoms with Gasteiger partial charge in [0.25, 0.3) is 0 Å². The maximum atomic E-state index is 11.0. The molecule has 0 N–H and O–H groups in total. The molecule has 0 fully saturated rings. The summed E-state index contributed by atoms with van der Waals surface area (Å²) < 4.78 is 5.04. The standard InChI is InChI=1S/C14H13NO2.CH2O/c1-17-10-13-8-7-12(9-16)14(15-13)11-5-3-2-4-6-11;1-2/h2-9H,10H2,1H3;1H2. The van der Waals surface area contributed by atoms with Gasteiger partial charge in [-0.05, 0) is 12.1 Å². The van der Waals surface area contributed by atoms with Crippen molar-refractivity contribution in [1.29, 1.82) is 0 Å². The molecule has 98 valence electrons. The summed E-state index contributed by atoms with van der Waals surface area (Å²) >= 11 is 0. The molecule has 0 unspecified atom stereocenters. The number of aldehydes is 1. The lowest BCUT2D eigenvalue weighted by Gasteiger charge is -2.06. The lowest BCUT2D eigenvalue weighted by atomic mass is 10.1. The molecule has 4 heteroatoms. The summed E-state index contributed by atoms with van der Waals surface area (Å²) in [7, 11) is 1.62. The van der Waals surface area contributed by atoms with Crippen LogP contribution in [-0.2, 0) is 16.1 Å². The van der Waals surface area contributed by atoms with E-state index in [-0.39, 0.29) is 0 Å². The Morgan fingerprint density at radius 1 is 1.16 bits per heavy atom. The number of rotatable bonds is 4. The fourth-order valence-electron chi connectivity index (χ4n) is 1.66. The molecule has 19 heavy (non-hydrogen) atoms. The summed E-state index contributed by atoms with van der Waals surface area (Å²) in [5.41, 5.74) is 3.05. The second-order valence-corrected chi connectivity index (χ2v) is 3.66. The zero-order valence-electron chi connectivity index (χ0n) is 10.7. The molecule has 4 nitrogen and oxygen atoms in total. The van der Waals surface area contributed by atoms with Gasteiger partial charge in [-0.3, -0.25) is 4.79 Å².